The summed E-state index contributed by atoms with van der Waals surface area (Å²) in [5, 5.41) is 10.8. The number of piperidine rings is 1. The van der Waals surface area contributed by atoms with Crippen LogP contribution >= 0.6 is 11.3 Å². The van der Waals surface area contributed by atoms with E-state index in [-0.39, 0.29) is 18.2 Å². The number of carbonyl (C=O) groups is 2. The molecule has 0 unspecified atom stereocenters. The van der Waals surface area contributed by atoms with Gasteiger partial charge in [0.05, 0.1) is 0 Å². The predicted octanol–water partition coefficient (Wildman–Crippen LogP) is 3.03. The number of nitrogens with zero attached hydrogens (tertiary/aromatic N) is 1. The van der Waals surface area contributed by atoms with Gasteiger partial charge in [0.25, 0.3) is 0 Å². The van der Waals surface area contributed by atoms with Crippen LogP contribution in [0.2, 0.25) is 0 Å². The van der Waals surface area contributed by atoms with Crippen molar-refractivity contribution >= 4 is 23.2 Å². The molecule has 1 amide bonds. The second-order valence-corrected chi connectivity index (χ2v) is 6.94. The van der Waals surface area contributed by atoms with Crippen LogP contribution in [-0.2, 0) is 16.0 Å². The van der Waals surface area contributed by atoms with Gasteiger partial charge in [0, 0.05) is 30.3 Å². The van der Waals surface area contributed by atoms with Crippen molar-refractivity contribution in [2.45, 2.75) is 39.0 Å². The van der Waals surface area contributed by atoms with E-state index in [4.69, 9.17) is 5.11 Å². The van der Waals surface area contributed by atoms with Gasteiger partial charge in [0.2, 0.25) is 5.91 Å². The molecular weight excluding hydrogens is 286 g/mol. The van der Waals surface area contributed by atoms with Crippen molar-refractivity contribution in [2.24, 2.45) is 11.8 Å². The normalized spacial score (nSPS) is 20.2. The van der Waals surface area contributed by atoms with Gasteiger partial charge >= 0.3 is 5.97 Å². The van der Waals surface area contributed by atoms with Crippen LogP contribution in [0.5, 0.6) is 0 Å². The molecule has 0 bridgehead atoms. The van der Waals surface area contributed by atoms with Gasteiger partial charge in [0.15, 0.2) is 0 Å². The van der Waals surface area contributed by atoms with E-state index in [0.717, 1.165) is 32.4 Å². The lowest BCUT2D eigenvalue weighted by Crippen LogP contribution is -2.43. The Morgan fingerprint density at radius 1 is 1.52 bits per heavy atom. The van der Waals surface area contributed by atoms with Crippen LogP contribution in [0.15, 0.2) is 17.5 Å². The van der Waals surface area contributed by atoms with E-state index in [1.54, 1.807) is 11.3 Å². The first-order valence-electron chi connectivity index (χ1n) is 7.59. The predicted molar refractivity (Wildman–Crippen MR) is 83.4 cm³/mol. The summed E-state index contributed by atoms with van der Waals surface area (Å²) in [6, 6.07) is 4.08. The molecule has 4 nitrogen and oxygen atoms in total. The number of carbonyl (C=O) groups excluding carboxylic acids is 1. The fourth-order valence-electron chi connectivity index (χ4n) is 2.96. The largest absolute Gasteiger partial charge is 0.481 e. The van der Waals surface area contributed by atoms with Crippen LogP contribution in [0.3, 0.4) is 0 Å². The van der Waals surface area contributed by atoms with Gasteiger partial charge in [0.1, 0.15) is 0 Å². The van der Waals surface area contributed by atoms with Gasteiger partial charge in [-0.05, 0) is 43.0 Å². The van der Waals surface area contributed by atoms with Gasteiger partial charge in [-0.3, -0.25) is 9.59 Å². The third kappa shape index (κ3) is 4.84. The smallest absolute Gasteiger partial charge is 0.303 e. The van der Waals surface area contributed by atoms with Crippen LogP contribution in [0.25, 0.3) is 0 Å². The second-order valence-electron chi connectivity index (χ2n) is 5.91. The lowest BCUT2D eigenvalue weighted by molar-refractivity contribution is -0.137. The molecule has 2 heterocycles. The number of likely N-dealkylation sites (tertiary alicyclic amines) is 1. The van der Waals surface area contributed by atoms with E-state index >= 15 is 0 Å². The molecule has 0 radical (unpaired) electrons. The number of hydrogen-bond acceptors (Lipinski definition) is 3. The standard InChI is InChI=1S/C16H23NO3S/c1-12(10-14-5-3-9-21-14)16(20)17-8-2-4-13(11-17)6-7-15(18)19/h3,5,9,12-13H,2,4,6-8,10-11H2,1H3,(H,18,19)/t12-,13-/m0/s1. The molecule has 0 aliphatic carbocycles. The zero-order valence-corrected chi connectivity index (χ0v) is 13.3. The Hall–Kier alpha value is -1.36. The topological polar surface area (TPSA) is 57.6 Å². The van der Waals surface area contributed by atoms with Gasteiger partial charge in [-0.25, -0.2) is 0 Å². The van der Waals surface area contributed by atoms with Crippen molar-refractivity contribution < 1.29 is 14.7 Å². The molecule has 2 rings (SSSR count). The average Bonchev–Trinajstić information content (AvgIpc) is 2.97. The summed E-state index contributed by atoms with van der Waals surface area (Å²) in [6.07, 6.45) is 3.71. The fraction of sp³-hybridized carbons (Fsp3) is 0.625. The average molecular weight is 309 g/mol. The molecule has 1 aliphatic heterocycles. The molecule has 0 spiro atoms. The van der Waals surface area contributed by atoms with Crippen molar-refractivity contribution in [2.75, 3.05) is 13.1 Å². The van der Waals surface area contributed by atoms with Gasteiger partial charge in [-0.15, -0.1) is 11.3 Å². The van der Waals surface area contributed by atoms with Crippen molar-refractivity contribution in [3.05, 3.63) is 22.4 Å². The molecule has 1 aromatic heterocycles. The third-order valence-corrected chi connectivity index (χ3v) is 5.00. The summed E-state index contributed by atoms with van der Waals surface area (Å²) in [7, 11) is 0. The molecule has 0 saturated carbocycles. The first-order chi connectivity index (χ1) is 10.1. The molecule has 1 saturated heterocycles. The monoisotopic (exact) mass is 309 g/mol. The molecule has 1 aliphatic rings. The Balaban J connectivity index is 1.84. The molecule has 21 heavy (non-hydrogen) atoms. The number of carboxylic acids is 1. The highest BCUT2D eigenvalue weighted by molar-refractivity contribution is 7.09. The van der Waals surface area contributed by atoms with Gasteiger partial charge in [-0.1, -0.05) is 13.0 Å². The molecule has 0 aromatic carbocycles. The molecule has 1 N–H and O–H groups in total. The maximum Gasteiger partial charge on any atom is 0.303 e. The number of carboxylic acid groups (broad SMARTS) is 1. The van der Waals surface area contributed by atoms with Gasteiger partial charge in [-0.2, -0.15) is 0 Å². The highest BCUT2D eigenvalue weighted by atomic mass is 32.1. The van der Waals surface area contributed by atoms with Crippen molar-refractivity contribution in [3.63, 3.8) is 0 Å². The molecular formula is C16H23NO3S. The zero-order chi connectivity index (χ0) is 15.2. The van der Waals surface area contributed by atoms with E-state index in [2.05, 4.69) is 6.07 Å². The number of thiophene rings is 1. The summed E-state index contributed by atoms with van der Waals surface area (Å²) in [6.45, 7) is 3.53. The Morgan fingerprint density at radius 3 is 3.00 bits per heavy atom. The van der Waals surface area contributed by atoms with Crippen LogP contribution in [0, 0.1) is 11.8 Å². The van der Waals surface area contributed by atoms with E-state index in [9.17, 15) is 9.59 Å². The van der Waals surface area contributed by atoms with Crippen LogP contribution in [-0.4, -0.2) is 35.0 Å². The second kappa shape index (κ2) is 7.59. The minimum absolute atomic E-state index is 0.00173. The number of amides is 1. The first kappa shape index (κ1) is 16.0. The Labute approximate surface area is 129 Å². The highest BCUT2D eigenvalue weighted by Crippen LogP contribution is 2.23. The third-order valence-electron chi connectivity index (χ3n) is 4.11. The summed E-state index contributed by atoms with van der Waals surface area (Å²) in [5.41, 5.74) is 0. The van der Waals surface area contributed by atoms with Crippen LogP contribution < -0.4 is 0 Å². The lowest BCUT2D eigenvalue weighted by atomic mass is 9.92. The summed E-state index contributed by atoms with van der Waals surface area (Å²) in [5.74, 6) is -0.192. The fourth-order valence-corrected chi connectivity index (χ4v) is 3.79. The summed E-state index contributed by atoms with van der Waals surface area (Å²) in [4.78, 5) is 26.4. The van der Waals surface area contributed by atoms with E-state index in [1.165, 1.54) is 4.88 Å². The van der Waals surface area contributed by atoms with Crippen LogP contribution in [0.4, 0.5) is 0 Å². The van der Waals surface area contributed by atoms with Crippen molar-refractivity contribution in [1.82, 2.24) is 4.90 Å². The maximum atomic E-state index is 12.5. The zero-order valence-electron chi connectivity index (χ0n) is 12.5. The maximum absolute atomic E-state index is 12.5. The first-order valence-corrected chi connectivity index (χ1v) is 8.47. The number of hydrogen-bond donors (Lipinski definition) is 1. The minimum atomic E-state index is -0.746. The molecule has 1 aromatic rings. The SMILES string of the molecule is C[C@@H](Cc1cccs1)C(=O)N1CCC[C@@H](CCC(=O)O)C1. The molecule has 116 valence electrons. The van der Waals surface area contributed by atoms with E-state index < -0.39 is 5.97 Å². The van der Waals surface area contributed by atoms with Gasteiger partial charge < -0.3 is 10.0 Å². The molecule has 5 heteroatoms. The molecule has 1 fully saturated rings. The Kier molecular flexibility index (Phi) is 5.79. The quantitative estimate of drug-likeness (QED) is 0.878. The summed E-state index contributed by atoms with van der Waals surface area (Å²) < 4.78 is 0. The van der Waals surface area contributed by atoms with E-state index in [0.29, 0.717) is 12.3 Å². The lowest BCUT2D eigenvalue weighted by Gasteiger charge is -2.34. The molecule has 2 atom stereocenters. The van der Waals surface area contributed by atoms with Crippen LogP contribution in [0.1, 0.15) is 37.5 Å². The Morgan fingerprint density at radius 2 is 2.33 bits per heavy atom. The van der Waals surface area contributed by atoms with E-state index in [1.807, 2.05) is 23.3 Å². The number of rotatable bonds is 6. The summed E-state index contributed by atoms with van der Waals surface area (Å²) >= 11 is 1.69. The highest BCUT2D eigenvalue weighted by Gasteiger charge is 2.27. The van der Waals surface area contributed by atoms with Crippen molar-refractivity contribution in [1.29, 1.82) is 0 Å². The number of aliphatic carboxylic acids is 1. The van der Waals surface area contributed by atoms with Crippen molar-refractivity contribution in [3.8, 4) is 0 Å². The Bertz CT molecular complexity index is 472. The minimum Gasteiger partial charge on any atom is -0.481 e.